The van der Waals surface area contributed by atoms with Crippen LogP contribution < -0.4 is 0 Å². The molecule has 6 heteroatoms. The summed E-state index contributed by atoms with van der Waals surface area (Å²) in [5, 5.41) is 7.70. The van der Waals surface area contributed by atoms with E-state index in [1.165, 1.54) is 0 Å². The molecule has 1 N–H and O–H groups in total. The molecule has 0 saturated heterocycles. The summed E-state index contributed by atoms with van der Waals surface area (Å²) in [7, 11) is 0. The molecular weight excluding hydrogens is 144 g/mol. The SMILES string of the molecule is OCC(F)OC(F)(F)F. The Morgan fingerprint density at radius 3 is 2.00 bits per heavy atom. The van der Waals surface area contributed by atoms with Crippen LogP contribution in [-0.2, 0) is 4.74 Å². The zero-order chi connectivity index (χ0) is 7.49. The van der Waals surface area contributed by atoms with Crippen molar-refractivity contribution in [3.05, 3.63) is 0 Å². The Balaban J connectivity index is 3.47. The molecule has 0 fully saturated rings. The molecule has 0 aliphatic rings. The number of rotatable bonds is 2. The molecule has 0 bridgehead atoms. The van der Waals surface area contributed by atoms with Crippen LogP contribution in [0.25, 0.3) is 0 Å². The Morgan fingerprint density at radius 1 is 1.44 bits per heavy atom. The highest BCUT2D eigenvalue weighted by molar-refractivity contribution is 4.35. The highest BCUT2D eigenvalue weighted by atomic mass is 19.4. The fourth-order valence-corrected chi connectivity index (χ4v) is 0.182. The molecule has 0 aliphatic carbocycles. The topological polar surface area (TPSA) is 29.5 Å². The van der Waals surface area contributed by atoms with E-state index in [-0.39, 0.29) is 0 Å². The van der Waals surface area contributed by atoms with Crippen LogP contribution in [0.15, 0.2) is 0 Å². The quantitative estimate of drug-likeness (QED) is 0.587. The largest absolute Gasteiger partial charge is 0.525 e. The molecular formula is C3H4F4O2. The van der Waals surface area contributed by atoms with Gasteiger partial charge in [-0.3, -0.25) is 4.74 Å². The highest BCUT2D eigenvalue weighted by Gasteiger charge is 2.33. The van der Waals surface area contributed by atoms with E-state index in [1.54, 1.807) is 0 Å². The van der Waals surface area contributed by atoms with Crippen LogP contribution in [0.4, 0.5) is 17.6 Å². The van der Waals surface area contributed by atoms with E-state index >= 15 is 0 Å². The molecule has 1 unspecified atom stereocenters. The number of aliphatic hydroxyl groups excluding tert-OH is 1. The van der Waals surface area contributed by atoms with Crippen molar-refractivity contribution < 1.29 is 27.4 Å². The molecule has 0 heterocycles. The predicted octanol–water partition coefficient (Wildman–Crippen LogP) is 0.811. The van der Waals surface area contributed by atoms with Gasteiger partial charge in [0.05, 0.1) is 6.61 Å². The van der Waals surface area contributed by atoms with Crippen LogP contribution >= 0.6 is 0 Å². The molecule has 0 aromatic heterocycles. The Bertz CT molecular complexity index is 80.4. The maximum absolute atomic E-state index is 11.4. The molecule has 56 valence electrons. The zero-order valence-electron chi connectivity index (χ0n) is 4.15. The van der Waals surface area contributed by atoms with Gasteiger partial charge < -0.3 is 5.11 Å². The number of hydrogen-bond acceptors (Lipinski definition) is 2. The molecule has 0 rings (SSSR count). The van der Waals surface area contributed by atoms with Crippen molar-refractivity contribution in [2.24, 2.45) is 0 Å². The van der Waals surface area contributed by atoms with Crippen LogP contribution in [0, 0.1) is 0 Å². The van der Waals surface area contributed by atoms with Gasteiger partial charge in [0.2, 0.25) is 6.36 Å². The lowest BCUT2D eigenvalue weighted by Gasteiger charge is -2.08. The fraction of sp³-hybridized carbons (Fsp3) is 1.00. The van der Waals surface area contributed by atoms with E-state index in [4.69, 9.17) is 5.11 Å². The molecule has 9 heavy (non-hydrogen) atoms. The smallest absolute Gasteiger partial charge is 0.391 e. The number of alkyl halides is 4. The molecule has 0 amide bonds. The second-order valence-electron chi connectivity index (χ2n) is 1.16. The van der Waals surface area contributed by atoms with Crippen molar-refractivity contribution in [1.29, 1.82) is 0 Å². The molecule has 1 atom stereocenters. The van der Waals surface area contributed by atoms with Crippen LogP contribution in [0.2, 0.25) is 0 Å². The summed E-state index contributed by atoms with van der Waals surface area (Å²) in [4.78, 5) is 0. The first-order valence-corrected chi connectivity index (χ1v) is 1.95. The summed E-state index contributed by atoms with van der Waals surface area (Å²) < 4.78 is 46.9. The standard InChI is InChI=1S/C3H4F4O2/c4-2(1-8)9-3(5,6)7/h2,8H,1H2. The Hall–Kier alpha value is -0.360. The van der Waals surface area contributed by atoms with E-state index in [2.05, 4.69) is 4.74 Å². The first-order valence-electron chi connectivity index (χ1n) is 1.95. The average Bonchev–Trinajstić information content (AvgIpc) is 1.62. The van der Waals surface area contributed by atoms with Crippen LogP contribution in [-0.4, -0.2) is 24.4 Å². The summed E-state index contributed by atoms with van der Waals surface area (Å²) in [6.45, 7) is -1.29. The lowest BCUT2D eigenvalue weighted by atomic mass is 10.7. The van der Waals surface area contributed by atoms with Crippen LogP contribution in [0.1, 0.15) is 0 Å². The predicted molar refractivity (Wildman–Crippen MR) is 19.1 cm³/mol. The molecule has 0 aromatic carbocycles. The Kier molecular flexibility index (Phi) is 2.86. The maximum Gasteiger partial charge on any atom is 0.525 e. The normalized spacial score (nSPS) is 15.7. The van der Waals surface area contributed by atoms with E-state index < -0.39 is 19.3 Å². The van der Waals surface area contributed by atoms with E-state index in [0.29, 0.717) is 0 Å². The van der Waals surface area contributed by atoms with Crippen molar-refractivity contribution in [3.8, 4) is 0 Å². The first-order chi connectivity index (χ1) is 3.95. The third-order valence-electron chi connectivity index (χ3n) is 0.405. The maximum atomic E-state index is 11.4. The first kappa shape index (κ1) is 8.64. The minimum absolute atomic E-state index is 1.29. The second kappa shape index (κ2) is 2.98. The third kappa shape index (κ3) is 5.51. The lowest BCUT2D eigenvalue weighted by Crippen LogP contribution is -2.22. The summed E-state index contributed by atoms with van der Waals surface area (Å²) >= 11 is 0. The van der Waals surface area contributed by atoms with Crippen LogP contribution in [0.3, 0.4) is 0 Å². The Labute approximate surface area is 48.0 Å². The molecule has 2 nitrogen and oxygen atoms in total. The number of ether oxygens (including phenoxy) is 1. The summed E-state index contributed by atoms with van der Waals surface area (Å²) in [6, 6.07) is 0. The summed E-state index contributed by atoms with van der Waals surface area (Å²) in [6.07, 6.45) is -7.69. The summed E-state index contributed by atoms with van der Waals surface area (Å²) in [5.74, 6) is 0. The van der Waals surface area contributed by atoms with Gasteiger partial charge in [-0.2, -0.15) is 0 Å². The minimum Gasteiger partial charge on any atom is -0.391 e. The van der Waals surface area contributed by atoms with Gasteiger partial charge in [0.25, 0.3) is 0 Å². The fourth-order valence-electron chi connectivity index (χ4n) is 0.182. The molecule has 0 aromatic rings. The van der Waals surface area contributed by atoms with Gasteiger partial charge in [0.1, 0.15) is 0 Å². The Morgan fingerprint density at radius 2 is 1.89 bits per heavy atom. The second-order valence-corrected chi connectivity index (χ2v) is 1.16. The van der Waals surface area contributed by atoms with Crippen molar-refractivity contribution in [2.45, 2.75) is 12.7 Å². The van der Waals surface area contributed by atoms with Gasteiger partial charge in [-0.05, 0) is 0 Å². The van der Waals surface area contributed by atoms with Gasteiger partial charge >= 0.3 is 6.36 Å². The number of hydrogen-bond donors (Lipinski definition) is 1. The third-order valence-corrected chi connectivity index (χ3v) is 0.405. The minimum atomic E-state index is -5.01. The molecule has 0 saturated carbocycles. The van der Waals surface area contributed by atoms with E-state index in [0.717, 1.165) is 0 Å². The van der Waals surface area contributed by atoms with Gasteiger partial charge in [0.15, 0.2) is 0 Å². The van der Waals surface area contributed by atoms with E-state index in [1.807, 2.05) is 0 Å². The molecule has 0 radical (unpaired) electrons. The number of aliphatic hydroxyl groups is 1. The van der Waals surface area contributed by atoms with Gasteiger partial charge in [-0.15, -0.1) is 13.2 Å². The van der Waals surface area contributed by atoms with Gasteiger partial charge in [-0.25, -0.2) is 4.39 Å². The van der Waals surface area contributed by atoms with E-state index in [9.17, 15) is 17.6 Å². The van der Waals surface area contributed by atoms with Crippen LogP contribution in [0.5, 0.6) is 0 Å². The average molecular weight is 148 g/mol. The monoisotopic (exact) mass is 148 g/mol. The van der Waals surface area contributed by atoms with Crippen molar-refractivity contribution in [3.63, 3.8) is 0 Å². The molecule has 0 aliphatic heterocycles. The lowest BCUT2D eigenvalue weighted by molar-refractivity contribution is -0.363. The zero-order valence-corrected chi connectivity index (χ0v) is 4.15. The summed E-state index contributed by atoms with van der Waals surface area (Å²) in [5.41, 5.74) is 0. The molecule has 0 spiro atoms. The van der Waals surface area contributed by atoms with Crippen molar-refractivity contribution >= 4 is 0 Å². The van der Waals surface area contributed by atoms with Gasteiger partial charge in [-0.1, -0.05) is 0 Å². The van der Waals surface area contributed by atoms with Crippen molar-refractivity contribution in [1.82, 2.24) is 0 Å². The number of halogens is 4. The van der Waals surface area contributed by atoms with Gasteiger partial charge in [0, 0.05) is 0 Å². The highest BCUT2D eigenvalue weighted by Crippen LogP contribution is 2.18. The van der Waals surface area contributed by atoms with Crippen molar-refractivity contribution in [2.75, 3.05) is 6.61 Å².